The number of carbonyl (C=O) groups excluding carboxylic acids is 3. The Morgan fingerprint density at radius 1 is 1.14 bits per heavy atom. The lowest BCUT2D eigenvalue weighted by molar-refractivity contribution is -0.147. The lowest BCUT2D eigenvalue weighted by Crippen LogP contribution is -2.29. The van der Waals surface area contributed by atoms with Gasteiger partial charge < -0.3 is 23.6 Å². The summed E-state index contributed by atoms with van der Waals surface area (Å²) in [6.07, 6.45) is 1.47. The number of nitrogens with one attached hydrogen (secondary N) is 1. The molecule has 0 unspecified atom stereocenters. The maximum absolute atomic E-state index is 11.1. The molecule has 158 valence electrons. The van der Waals surface area contributed by atoms with Crippen molar-refractivity contribution in [3.8, 4) is 11.3 Å². The zero-order valence-electron chi connectivity index (χ0n) is 16.6. The van der Waals surface area contributed by atoms with Crippen LogP contribution in [0.1, 0.15) is 26.5 Å². The smallest absolute Gasteiger partial charge is 0.462 e. The fraction of sp³-hybridized carbons (Fsp3) is 0.368. The topological polar surface area (TPSA) is 125 Å². The second-order valence-electron chi connectivity index (χ2n) is 5.76. The van der Waals surface area contributed by atoms with E-state index in [1.54, 1.807) is 44.4 Å². The first-order valence-electron chi connectivity index (χ1n) is 8.55. The Balaban J connectivity index is 0.000000331. The molecule has 0 aliphatic rings. The van der Waals surface area contributed by atoms with Crippen LogP contribution in [0.15, 0.2) is 44.0 Å². The van der Waals surface area contributed by atoms with Gasteiger partial charge in [0.1, 0.15) is 6.54 Å². The van der Waals surface area contributed by atoms with E-state index in [-0.39, 0.29) is 36.7 Å². The van der Waals surface area contributed by atoms with E-state index in [4.69, 9.17) is 18.3 Å². The number of amides is 1. The SMILES string of the molecule is CC(=O)NCC(=O)OC(C)C.CSC(=O)OCc1oc(=O)oc1-c1ccccc1. The number of hydrogen-bond donors (Lipinski definition) is 1. The van der Waals surface area contributed by atoms with Crippen molar-refractivity contribution in [1.82, 2.24) is 5.32 Å². The summed E-state index contributed by atoms with van der Waals surface area (Å²) in [6, 6.07) is 9.00. The van der Waals surface area contributed by atoms with Crippen molar-refractivity contribution in [1.29, 1.82) is 0 Å². The van der Waals surface area contributed by atoms with E-state index in [1.807, 2.05) is 6.07 Å². The van der Waals surface area contributed by atoms with E-state index in [0.717, 1.165) is 11.8 Å². The maximum atomic E-state index is 11.1. The third kappa shape index (κ3) is 9.65. The van der Waals surface area contributed by atoms with E-state index >= 15 is 0 Å². The quantitative estimate of drug-likeness (QED) is 0.695. The molecule has 10 heteroatoms. The van der Waals surface area contributed by atoms with Gasteiger partial charge in [-0.2, -0.15) is 0 Å². The summed E-state index contributed by atoms with van der Waals surface area (Å²) in [7, 11) is 0. The molecule has 0 aliphatic heterocycles. The summed E-state index contributed by atoms with van der Waals surface area (Å²) < 4.78 is 19.4. The number of ether oxygens (including phenoxy) is 2. The largest absolute Gasteiger partial charge is 0.519 e. The van der Waals surface area contributed by atoms with Gasteiger partial charge in [0.15, 0.2) is 18.1 Å². The first-order valence-corrected chi connectivity index (χ1v) is 9.78. The highest BCUT2D eigenvalue weighted by Crippen LogP contribution is 2.23. The van der Waals surface area contributed by atoms with Gasteiger partial charge in [-0.15, -0.1) is 0 Å². The van der Waals surface area contributed by atoms with Gasteiger partial charge >= 0.3 is 17.1 Å². The summed E-state index contributed by atoms with van der Waals surface area (Å²) in [5, 5.41) is 1.89. The van der Waals surface area contributed by atoms with Crippen LogP contribution in [0.3, 0.4) is 0 Å². The summed E-state index contributed by atoms with van der Waals surface area (Å²) in [4.78, 5) is 43.2. The number of rotatable bonds is 6. The molecule has 2 aromatic rings. The van der Waals surface area contributed by atoms with E-state index in [9.17, 15) is 19.2 Å². The van der Waals surface area contributed by atoms with E-state index in [2.05, 4.69) is 5.32 Å². The van der Waals surface area contributed by atoms with Crippen molar-refractivity contribution in [2.75, 3.05) is 12.8 Å². The van der Waals surface area contributed by atoms with Gasteiger partial charge in [0.25, 0.3) is 0 Å². The number of carbonyl (C=O) groups is 3. The van der Waals surface area contributed by atoms with Crippen molar-refractivity contribution in [3.05, 3.63) is 46.7 Å². The Labute approximate surface area is 171 Å². The average molecular weight is 425 g/mol. The van der Waals surface area contributed by atoms with Crippen LogP contribution in [-0.4, -0.2) is 36.1 Å². The molecule has 1 aromatic carbocycles. The fourth-order valence-corrected chi connectivity index (χ4v) is 2.07. The van der Waals surface area contributed by atoms with Crippen molar-refractivity contribution in [3.63, 3.8) is 0 Å². The number of hydrogen-bond acceptors (Lipinski definition) is 9. The second kappa shape index (κ2) is 12.4. The highest BCUT2D eigenvalue weighted by Gasteiger charge is 2.16. The third-order valence-corrected chi connectivity index (χ3v) is 3.47. The van der Waals surface area contributed by atoms with Crippen molar-refractivity contribution < 1.29 is 32.7 Å². The first kappa shape index (κ1) is 24.0. The molecule has 9 nitrogen and oxygen atoms in total. The molecule has 0 saturated heterocycles. The molecular formula is C19H23NO8S. The summed E-state index contributed by atoms with van der Waals surface area (Å²) >= 11 is 0.941. The second-order valence-corrected chi connectivity index (χ2v) is 6.51. The van der Waals surface area contributed by atoms with Gasteiger partial charge in [0.05, 0.1) is 6.10 Å². The number of esters is 1. The molecule has 1 amide bonds. The molecule has 0 bridgehead atoms. The van der Waals surface area contributed by atoms with Crippen LogP contribution in [0.25, 0.3) is 11.3 Å². The Morgan fingerprint density at radius 3 is 2.34 bits per heavy atom. The molecule has 0 spiro atoms. The number of thioether (sulfide) groups is 1. The van der Waals surface area contributed by atoms with Crippen molar-refractivity contribution >= 4 is 28.9 Å². The summed E-state index contributed by atoms with van der Waals surface area (Å²) in [6.45, 7) is 4.68. The molecule has 29 heavy (non-hydrogen) atoms. The Kier molecular flexibility index (Phi) is 10.3. The van der Waals surface area contributed by atoms with Crippen LogP contribution in [0, 0.1) is 0 Å². The normalized spacial score (nSPS) is 9.97. The van der Waals surface area contributed by atoms with Crippen LogP contribution in [-0.2, 0) is 25.7 Å². The molecule has 0 fully saturated rings. The minimum absolute atomic E-state index is 0.0481. The lowest BCUT2D eigenvalue weighted by Gasteiger charge is -2.07. The monoisotopic (exact) mass is 425 g/mol. The molecule has 0 atom stereocenters. The molecule has 0 saturated carbocycles. The first-order chi connectivity index (χ1) is 13.7. The third-order valence-electron chi connectivity index (χ3n) is 3.02. The molecule has 2 rings (SSSR count). The molecule has 0 aliphatic carbocycles. The Morgan fingerprint density at radius 2 is 1.79 bits per heavy atom. The minimum atomic E-state index is -0.816. The molecule has 0 radical (unpaired) electrons. The predicted molar refractivity (Wildman–Crippen MR) is 106 cm³/mol. The number of benzene rings is 1. The van der Waals surface area contributed by atoms with Crippen LogP contribution >= 0.6 is 11.8 Å². The lowest BCUT2D eigenvalue weighted by atomic mass is 10.1. The summed E-state index contributed by atoms with van der Waals surface area (Å²) in [5.41, 5.74) is 0.693. The highest BCUT2D eigenvalue weighted by molar-refractivity contribution is 8.12. The van der Waals surface area contributed by atoms with Gasteiger partial charge in [-0.05, 0) is 31.9 Å². The van der Waals surface area contributed by atoms with Crippen LogP contribution < -0.4 is 11.1 Å². The maximum Gasteiger partial charge on any atom is 0.519 e. The molecule has 1 heterocycles. The van der Waals surface area contributed by atoms with Gasteiger partial charge in [0.2, 0.25) is 5.91 Å². The van der Waals surface area contributed by atoms with E-state index < -0.39 is 17.1 Å². The van der Waals surface area contributed by atoms with E-state index in [1.165, 1.54) is 6.92 Å². The van der Waals surface area contributed by atoms with Crippen molar-refractivity contribution in [2.24, 2.45) is 0 Å². The van der Waals surface area contributed by atoms with Crippen molar-refractivity contribution in [2.45, 2.75) is 33.5 Å². The zero-order chi connectivity index (χ0) is 21.8. The Bertz CT molecular complexity index is 857. The van der Waals surface area contributed by atoms with Gasteiger partial charge in [-0.1, -0.05) is 30.3 Å². The summed E-state index contributed by atoms with van der Waals surface area (Å²) in [5.74, 6) is -0.965. The fourth-order valence-electron chi connectivity index (χ4n) is 1.90. The standard InChI is InChI=1S/C12H10O5S.C7H13NO3/c1-18-12(14)15-7-9-10(17-11(13)16-9)8-5-3-2-4-6-8;1-5(2)11-7(10)4-8-6(3)9/h2-6H,7H2,1H3;5H,4H2,1-3H3,(H,8,9). The zero-order valence-corrected chi connectivity index (χ0v) is 17.4. The Hall–Kier alpha value is -3.01. The molecule has 1 N–H and O–H groups in total. The van der Waals surface area contributed by atoms with E-state index in [0.29, 0.717) is 5.56 Å². The van der Waals surface area contributed by atoms with Crippen LogP contribution in [0.5, 0.6) is 0 Å². The van der Waals surface area contributed by atoms with Crippen LogP contribution in [0.2, 0.25) is 0 Å². The molecular weight excluding hydrogens is 402 g/mol. The average Bonchev–Trinajstić information content (AvgIpc) is 3.06. The van der Waals surface area contributed by atoms with Gasteiger partial charge in [-0.3, -0.25) is 9.59 Å². The molecule has 1 aromatic heterocycles. The predicted octanol–water partition coefficient (Wildman–Crippen LogP) is 2.97. The minimum Gasteiger partial charge on any atom is -0.462 e. The van der Waals surface area contributed by atoms with Gasteiger partial charge in [-0.25, -0.2) is 9.59 Å². The van der Waals surface area contributed by atoms with Gasteiger partial charge in [0, 0.05) is 12.5 Å². The highest BCUT2D eigenvalue weighted by atomic mass is 32.2. The van der Waals surface area contributed by atoms with Crippen LogP contribution in [0.4, 0.5) is 4.79 Å².